The maximum Gasteiger partial charge on any atom is 0.416 e. The lowest BCUT2D eigenvalue weighted by Gasteiger charge is -2.29. The Bertz CT molecular complexity index is 1900. The largest absolute Gasteiger partial charge is 0.481 e. The van der Waals surface area contributed by atoms with Gasteiger partial charge in [0.05, 0.1) is 18.7 Å². The number of hydroxylamine groups is 2. The average Bonchev–Trinajstić information content (AvgIpc) is 3.11. The summed E-state index contributed by atoms with van der Waals surface area (Å²) in [5.41, 5.74) is 2.44. The van der Waals surface area contributed by atoms with E-state index >= 15 is 0 Å². The van der Waals surface area contributed by atoms with Crippen LogP contribution in [0.3, 0.4) is 0 Å². The van der Waals surface area contributed by atoms with Gasteiger partial charge in [-0.3, -0.25) is 9.59 Å². The minimum atomic E-state index is -4.48. The first-order valence-corrected chi connectivity index (χ1v) is 17.3. The van der Waals surface area contributed by atoms with E-state index in [4.69, 9.17) is 14.3 Å². The number of carbonyl (C=O) groups is 3. The molecule has 0 saturated heterocycles. The molecule has 0 fully saturated rings. The molecule has 5 rings (SSSR count). The predicted octanol–water partition coefficient (Wildman–Crippen LogP) is 9.25. The number of nitrogens with zero attached hydrogens (tertiary/aromatic N) is 2. The Kier molecular flexibility index (Phi) is 11.7. The molecule has 4 aromatic rings. The van der Waals surface area contributed by atoms with Crippen molar-refractivity contribution in [2.75, 3.05) is 19.7 Å². The lowest BCUT2D eigenvalue weighted by atomic mass is 9.87. The van der Waals surface area contributed by atoms with Gasteiger partial charge in [0.2, 0.25) is 0 Å². The summed E-state index contributed by atoms with van der Waals surface area (Å²) in [5, 5.41) is 11.4. The molecule has 12 heteroatoms. The highest BCUT2D eigenvalue weighted by atomic mass is 19.4. The quantitative estimate of drug-likeness (QED) is 0.153. The zero-order chi connectivity index (χ0) is 38.5. The van der Waals surface area contributed by atoms with Gasteiger partial charge in [-0.25, -0.2) is 4.79 Å². The zero-order valence-electron chi connectivity index (χ0n) is 30.3. The van der Waals surface area contributed by atoms with Gasteiger partial charge in [-0.15, -0.1) is 0 Å². The van der Waals surface area contributed by atoms with E-state index in [-0.39, 0.29) is 41.5 Å². The van der Waals surface area contributed by atoms with Crippen LogP contribution in [0.1, 0.15) is 78.7 Å². The number of benzene rings is 4. The molecular weight excluding hydrogens is 689 g/mol. The van der Waals surface area contributed by atoms with Crippen LogP contribution in [0.5, 0.6) is 17.2 Å². The van der Waals surface area contributed by atoms with Gasteiger partial charge in [0, 0.05) is 18.7 Å². The summed E-state index contributed by atoms with van der Waals surface area (Å²) >= 11 is 0. The first-order valence-electron chi connectivity index (χ1n) is 17.3. The highest BCUT2D eigenvalue weighted by molar-refractivity contribution is 5.94. The molecule has 1 aliphatic rings. The van der Waals surface area contributed by atoms with Gasteiger partial charge in [-0.1, -0.05) is 65.0 Å². The molecule has 0 radical (unpaired) electrons. The molecule has 1 heterocycles. The van der Waals surface area contributed by atoms with Crippen LogP contribution in [0, 0.1) is 5.92 Å². The van der Waals surface area contributed by atoms with E-state index in [0.29, 0.717) is 30.9 Å². The molecule has 1 atom stereocenters. The number of rotatable bonds is 11. The minimum Gasteiger partial charge on any atom is -0.481 e. The van der Waals surface area contributed by atoms with E-state index in [1.807, 2.05) is 32.0 Å². The predicted molar refractivity (Wildman–Crippen MR) is 192 cm³/mol. The summed E-state index contributed by atoms with van der Waals surface area (Å²) < 4.78 is 50.0. The second kappa shape index (κ2) is 16.0. The number of aliphatic carboxylic acids is 1. The number of amides is 2. The van der Waals surface area contributed by atoms with Crippen LogP contribution in [-0.4, -0.2) is 52.7 Å². The molecule has 4 aromatic carbocycles. The molecule has 0 saturated carbocycles. The van der Waals surface area contributed by atoms with Gasteiger partial charge < -0.3 is 24.3 Å². The van der Waals surface area contributed by atoms with E-state index in [0.717, 1.165) is 33.9 Å². The molecule has 1 N–H and O–H groups in total. The molecule has 1 unspecified atom stereocenters. The van der Waals surface area contributed by atoms with E-state index in [2.05, 4.69) is 20.8 Å². The normalized spacial score (nSPS) is 13.6. The SMILES string of the molecule is CC(C)COC(=O)N1CCc2ccc(C(=O)N(CC(C(=O)O)c3ccc(Oc4ccc(C(F)(F)F)cc4)cc3)Oc3ccc(C(C)(C)C)cc3)cc2C1. The maximum atomic E-state index is 14.2. The van der Waals surface area contributed by atoms with E-state index < -0.39 is 35.6 Å². The first-order chi connectivity index (χ1) is 25.0. The molecule has 0 bridgehead atoms. The number of hydrogen-bond donors (Lipinski definition) is 1. The van der Waals surface area contributed by atoms with Crippen molar-refractivity contribution in [1.82, 2.24) is 9.96 Å². The van der Waals surface area contributed by atoms with Crippen molar-refractivity contribution in [2.45, 2.75) is 65.1 Å². The number of carboxylic acid groups (broad SMARTS) is 1. The van der Waals surface area contributed by atoms with Crippen molar-refractivity contribution < 1.29 is 47.0 Å². The summed E-state index contributed by atoms with van der Waals surface area (Å²) in [5.74, 6) is -2.08. The van der Waals surface area contributed by atoms with Crippen LogP contribution in [0.4, 0.5) is 18.0 Å². The summed E-state index contributed by atoms with van der Waals surface area (Å²) in [6.45, 7) is 10.8. The number of ether oxygens (including phenoxy) is 2. The number of hydrogen-bond acceptors (Lipinski definition) is 6. The van der Waals surface area contributed by atoms with E-state index in [9.17, 15) is 32.7 Å². The molecule has 0 spiro atoms. The third-order valence-electron chi connectivity index (χ3n) is 8.77. The Labute approximate surface area is 306 Å². The minimum absolute atomic E-state index is 0.136. The van der Waals surface area contributed by atoms with Crippen LogP contribution in [-0.2, 0) is 34.1 Å². The third-order valence-corrected chi connectivity index (χ3v) is 8.77. The van der Waals surface area contributed by atoms with Gasteiger partial charge in [-0.05, 0) is 101 Å². The van der Waals surface area contributed by atoms with Gasteiger partial charge in [0.1, 0.15) is 17.4 Å². The van der Waals surface area contributed by atoms with Crippen LogP contribution >= 0.6 is 0 Å². The Morgan fingerprint density at radius 2 is 1.40 bits per heavy atom. The summed E-state index contributed by atoms with van der Waals surface area (Å²) in [6, 6.07) is 22.7. The number of carbonyl (C=O) groups excluding carboxylic acids is 2. The van der Waals surface area contributed by atoms with Gasteiger partial charge >= 0.3 is 18.2 Å². The fourth-order valence-corrected chi connectivity index (χ4v) is 5.73. The van der Waals surface area contributed by atoms with Crippen molar-refractivity contribution in [3.63, 3.8) is 0 Å². The van der Waals surface area contributed by atoms with Gasteiger partial charge in [0.25, 0.3) is 5.91 Å². The Balaban J connectivity index is 1.39. The molecule has 9 nitrogen and oxygen atoms in total. The van der Waals surface area contributed by atoms with Crippen molar-refractivity contribution >= 4 is 18.0 Å². The Morgan fingerprint density at radius 3 is 1.96 bits per heavy atom. The molecule has 280 valence electrons. The van der Waals surface area contributed by atoms with Crippen molar-refractivity contribution in [1.29, 1.82) is 0 Å². The first kappa shape index (κ1) is 38.7. The fraction of sp³-hybridized carbons (Fsp3) is 0.341. The smallest absolute Gasteiger partial charge is 0.416 e. The van der Waals surface area contributed by atoms with Crippen LogP contribution in [0.25, 0.3) is 0 Å². The second-order valence-electron chi connectivity index (χ2n) is 14.4. The molecule has 0 aromatic heterocycles. The number of halogens is 3. The fourth-order valence-electron chi connectivity index (χ4n) is 5.73. The lowest BCUT2D eigenvalue weighted by molar-refractivity contribution is -0.141. The molecule has 1 aliphatic heterocycles. The van der Waals surface area contributed by atoms with Crippen LogP contribution < -0.4 is 9.57 Å². The Hall–Kier alpha value is -5.52. The standard InChI is InChI=1S/C41H43F3N2O7/c1-26(2)25-51-39(50)45-21-20-27-6-7-29(22-30(27)23-45)37(47)46(53-35-18-10-31(11-19-35)40(3,4)5)24-36(38(48)49)28-8-14-33(15-9-28)52-34-16-12-32(13-17-34)41(42,43)44/h6-19,22,26,36H,20-21,23-25H2,1-5H3,(H,48,49). The highest BCUT2D eigenvalue weighted by Crippen LogP contribution is 2.32. The van der Waals surface area contributed by atoms with Crippen LogP contribution in [0.15, 0.2) is 91.0 Å². The van der Waals surface area contributed by atoms with Crippen molar-refractivity contribution in [3.05, 3.63) is 124 Å². The third kappa shape index (κ3) is 10.1. The molecule has 53 heavy (non-hydrogen) atoms. The van der Waals surface area contributed by atoms with Crippen molar-refractivity contribution in [3.8, 4) is 17.2 Å². The lowest BCUT2D eigenvalue weighted by Crippen LogP contribution is -2.40. The number of fused-ring (bicyclic) bond motifs is 1. The highest BCUT2D eigenvalue weighted by Gasteiger charge is 2.31. The van der Waals surface area contributed by atoms with E-state index in [1.54, 1.807) is 29.2 Å². The van der Waals surface area contributed by atoms with Crippen LogP contribution in [0.2, 0.25) is 0 Å². The van der Waals surface area contributed by atoms with Gasteiger partial charge in [0.15, 0.2) is 5.75 Å². The molecular formula is C41H43F3N2O7. The zero-order valence-corrected chi connectivity index (χ0v) is 30.3. The summed E-state index contributed by atoms with van der Waals surface area (Å²) in [7, 11) is 0. The summed E-state index contributed by atoms with van der Waals surface area (Å²) in [4.78, 5) is 47.3. The summed E-state index contributed by atoms with van der Waals surface area (Å²) in [6.07, 6.45) is -4.32. The second-order valence-corrected chi connectivity index (χ2v) is 14.4. The van der Waals surface area contributed by atoms with Crippen molar-refractivity contribution in [2.24, 2.45) is 5.92 Å². The Morgan fingerprint density at radius 1 is 0.811 bits per heavy atom. The monoisotopic (exact) mass is 732 g/mol. The van der Waals surface area contributed by atoms with Gasteiger partial charge in [-0.2, -0.15) is 18.2 Å². The number of carboxylic acids is 1. The van der Waals surface area contributed by atoms with E-state index in [1.165, 1.54) is 36.4 Å². The molecule has 2 amide bonds. The maximum absolute atomic E-state index is 14.2. The average molecular weight is 733 g/mol. The topological polar surface area (TPSA) is 106 Å². The molecule has 0 aliphatic carbocycles. The number of alkyl halides is 3.